The monoisotopic (exact) mass is 611 g/mol. The van der Waals surface area contributed by atoms with E-state index in [-0.39, 0.29) is 0 Å². The zero-order valence-electron chi connectivity index (χ0n) is 27.0. The summed E-state index contributed by atoms with van der Waals surface area (Å²) in [7, 11) is 0. The zero-order chi connectivity index (χ0) is 31.8. The molecule has 0 saturated heterocycles. The number of benzene rings is 3. The van der Waals surface area contributed by atoms with Gasteiger partial charge < -0.3 is 14.2 Å². The van der Waals surface area contributed by atoms with Gasteiger partial charge in [-0.3, -0.25) is 4.90 Å². The third kappa shape index (κ3) is 6.72. The van der Waals surface area contributed by atoms with Gasteiger partial charge in [-0.15, -0.1) is 0 Å². The summed E-state index contributed by atoms with van der Waals surface area (Å²) in [5, 5.41) is 0. The number of hydrogen-bond acceptors (Lipinski definition) is 4. The Morgan fingerprint density at radius 2 is 0.826 bits per heavy atom. The minimum atomic E-state index is -1.53. The van der Waals surface area contributed by atoms with Crippen LogP contribution in [0.4, 0.5) is 0 Å². The summed E-state index contributed by atoms with van der Waals surface area (Å²) in [5.74, 6) is -1.53. The summed E-state index contributed by atoms with van der Waals surface area (Å²) < 4.78 is 22.9. The lowest BCUT2D eigenvalue weighted by molar-refractivity contribution is -0.455. The Labute approximate surface area is 274 Å². The molecular weight excluding hydrogens is 566 g/mol. The van der Waals surface area contributed by atoms with Crippen LogP contribution >= 0.6 is 0 Å². The largest absolute Gasteiger partial charge is 0.310 e. The summed E-state index contributed by atoms with van der Waals surface area (Å²) in [6.45, 7) is 6.37. The van der Waals surface area contributed by atoms with Crippen LogP contribution in [-0.4, -0.2) is 30.5 Å². The van der Waals surface area contributed by atoms with E-state index in [0.29, 0.717) is 25.8 Å². The Balaban J connectivity index is 1.58. The topological polar surface area (TPSA) is 30.9 Å². The summed E-state index contributed by atoms with van der Waals surface area (Å²) in [6, 6.07) is 31.4. The van der Waals surface area contributed by atoms with Crippen LogP contribution in [0.5, 0.6) is 0 Å². The van der Waals surface area contributed by atoms with Crippen molar-refractivity contribution in [3.63, 3.8) is 0 Å². The average molecular weight is 612 g/mol. The summed E-state index contributed by atoms with van der Waals surface area (Å²) >= 11 is 0. The maximum Gasteiger partial charge on any atom is 0.300 e. The van der Waals surface area contributed by atoms with Gasteiger partial charge in [0.25, 0.3) is 5.97 Å². The summed E-state index contributed by atoms with van der Waals surface area (Å²) in [5.41, 5.74) is 0.650. The Bertz CT molecular complexity index is 1420. The third-order valence-electron chi connectivity index (χ3n) is 9.21. The summed E-state index contributed by atoms with van der Waals surface area (Å²) in [6.07, 6.45) is 27.4. The second-order valence-corrected chi connectivity index (χ2v) is 12.2. The average Bonchev–Trinajstić information content (AvgIpc) is 3.13. The molecule has 3 aromatic carbocycles. The number of allylic oxidation sites excluding steroid dienone is 6. The number of rotatable bonds is 13. The Kier molecular flexibility index (Phi) is 9.81. The van der Waals surface area contributed by atoms with Gasteiger partial charge in [-0.25, -0.2) is 0 Å². The van der Waals surface area contributed by atoms with Gasteiger partial charge in [0, 0.05) is 19.3 Å². The molecule has 3 aliphatic carbocycles. The van der Waals surface area contributed by atoms with Crippen LogP contribution in [0.1, 0.15) is 49.8 Å². The molecule has 3 aromatic rings. The first-order valence-corrected chi connectivity index (χ1v) is 16.6. The lowest BCUT2D eigenvalue weighted by Gasteiger charge is -2.51. The highest BCUT2D eigenvalue weighted by atomic mass is 16.9. The molecule has 6 rings (SSSR count). The van der Waals surface area contributed by atoms with Crippen molar-refractivity contribution in [2.45, 2.75) is 55.9 Å². The molecule has 0 saturated carbocycles. The standard InChI is InChI=1S/C42H45NO3/c1-3-43(4-2)35-42(44-39(29-17-8-18-30-39)36-23-11-5-12-24-36,45-40(31-19-9-20-32-40)37-25-13-6-14-26-37)46-41(33-21-10-22-34-41)38-27-15-7-16-28-38/h5-29,31,33H,3-4,30,32,34-35H2,1-2H3. The molecule has 3 unspecified atom stereocenters. The Morgan fingerprint density at radius 3 is 1.09 bits per heavy atom. The molecule has 4 nitrogen and oxygen atoms in total. The fraction of sp³-hybridized carbons (Fsp3) is 0.286. The lowest BCUT2D eigenvalue weighted by Crippen LogP contribution is -2.59. The van der Waals surface area contributed by atoms with Crippen LogP contribution < -0.4 is 0 Å². The maximum absolute atomic E-state index is 7.65. The Morgan fingerprint density at radius 1 is 0.500 bits per heavy atom. The third-order valence-corrected chi connectivity index (χ3v) is 9.21. The molecule has 0 spiro atoms. The first kappa shape index (κ1) is 31.9. The van der Waals surface area contributed by atoms with Gasteiger partial charge in [0.15, 0.2) is 0 Å². The molecule has 0 amide bonds. The van der Waals surface area contributed by atoms with Crippen LogP contribution in [0.2, 0.25) is 0 Å². The lowest BCUT2D eigenvalue weighted by atomic mass is 9.85. The molecule has 0 N–H and O–H groups in total. The van der Waals surface area contributed by atoms with E-state index in [4.69, 9.17) is 14.2 Å². The second kappa shape index (κ2) is 14.1. The van der Waals surface area contributed by atoms with Crippen molar-refractivity contribution in [3.05, 3.63) is 181 Å². The highest BCUT2D eigenvalue weighted by molar-refractivity contribution is 5.36. The molecular formula is C42H45NO3. The molecule has 3 atom stereocenters. The van der Waals surface area contributed by atoms with Gasteiger partial charge in [-0.05, 0) is 48.0 Å². The predicted octanol–water partition coefficient (Wildman–Crippen LogP) is 9.27. The first-order chi connectivity index (χ1) is 22.6. The zero-order valence-corrected chi connectivity index (χ0v) is 27.0. The van der Waals surface area contributed by atoms with Crippen molar-refractivity contribution < 1.29 is 14.2 Å². The number of ether oxygens (including phenoxy) is 3. The van der Waals surface area contributed by atoms with Gasteiger partial charge in [-0.2, -0.15) is 0 Å². The molecule has 0 fully saturated rings. The fourth-order valence-electron chi connectivity index (χ4n) is 6.72. The molecule has 0 aliphatic heterocycles. The van der Waals surface area contributed by atoms with E-state index >= 15 is 0 Å². The van der Waals surface area contributed by atoms with Crippen molar-refractivity contribution in [3.8, 4) is 0 Å². The van der Waals surface area contributed by atoms with Gasteiger partial charge in [-0.1, -0.05) is 160 Å². The highest BCUT2D eigenvalue weighted by Crippen LogP contribution is 2.48. The fourth-order valence-corrected chi connectivity index (χ4v) is 6.72. The van der Waals surface area contributed by atoms with Gasteiger partial charge >= 0.3 is 0 Å². The van der Waals surface area contributed by atoms with E-state index in [2.05, 4.69) is 164 Å². The molecule has 0 aromatic heterocycles. The van der Waals surface area contributed by atoms with E-state index in [1.807, 2.05) is 18.2 Å². The van der Waals surface area contributed by atoms with E-state index in [0.717, 1.165) is 29.8 Å². The molecule has 236 valence electrons. The molecule has 0 heterocycles. The summed E-state index contributed by atoms with van der Waals surface area (Å²) in [4.78, 5) is 2.34. The van der Waals surface area contributed by atoms with Crippen LogP contribution in [0.25, 0.3) is 0 Å². The molecule has 4 heteroatoms. The Hall–Kier alpha value is -4.06. The molecule has 3 aliphatic rings. The minimum Gasteiger partial charge on any atom is -0.310 e. The van der Waals surface area contributed by atoms with E-state index in [1.54, 1.807) is 0 Å². The smallest absolute Gasteiger partial charge is 0.300 e. The van der Waals surface area contributed by atoms with Crippen molar-refractivity contribution in [1.82, 2.24) is 4.90 Å². The van der Waals surface area contributed by atoms with Crippen LogP contribution in [0.3, 0.4) is 0 Å². The predicted molar refractivity (Wildman–Crippen MR) is 187 cm³/mol. The molecule has 0 bridgehead atoms. The van der Waals surface area contributed by atoms with Crippen molar-refractivity contribution in [1.29, 1.82) is 0 Å². The van der Waals surface area contributed by atoms with E-state index in [1.165, 1.54) is 0 Å². The van der Waals surface area contributed by atoms with Crippen molar-refractivity contribution in [2.75, 3.05) is 19.6 Å². The van der Waals surface area contributed by atoms with Crippen LogP contribution in [0.15, 0.2) is 164 Å². The molecule has 0 radical (unpaired) electrons. The second-order valence-electron chi connectivity index (χ2n) is 12.2. The number of likely N-dealkylation sites (N-methyl/N-ethyl adjacent to an activating group) is 1. The highest BCUT2D eigenvalue weighted by Gasteiger charge is 2.54. The minimum absolute atomic E-state index is 0.393. The van der Waals surface area contributed by atoms with Crippen LogP contribution in [-0.2, 0) is 31.0 Å². The van der Waals surface area contributed by atoms with Gasteiger partial charge in [0.1, 0.15) is 16.8 Å². The molecule has 46 heavy (non-hydrogen) atoms. The van der Waals surface area contributed by atoms with E-state index < -0.39 is 22.8 Å². The quantitative estimate of drug-likeness (QED) is 0.180. The maximum atomic E-state index is 7.65. The van der Waals surface area contributed by atoms with Crippen molar-refractivity contribution in [2.24, 2.45) is 0 Å². The normalized spacial score (nSPS) is 26.4. The van der Waals surface area contributed by atoms with E-state index in [9.17, 15) is 0 Å². The van der Waals surface area contributed by atoms with Crippen molar-refractivity contribution >= 4 is 0 Å². The first-order valence-electron chi connectivity index (χ1n) is 16.6. The number of nitrogens with zero attached hydrogens (tertiary/aromatic N) is 1. The van der Waals surface area contributed by atoms with Crippen LogP contribution in [0, 0.1) is 0 Å². The SMILES string of the molecule is CCN(CC)CC(OC1(c2ccccc2)C=CC=CC1)(OC1(c2ccccc2)C=CC=CC1)OC1(c2ccccc2)C=CC=CC1. The van der Waals surface area contributed by atoms with Gasteiger partial charge in [0.05, 0.1) is 6.54 Å². The van der Waals surface area contributed by atoms with Gasteiger partial charge in [0.2, 0.25) is 0 Å². The number of hydrogen-bond donors (Lipinski definition) is 0.